The van der Waals surface area contributed by atoms with Gasteiger partial charge < -0.3 is 20.0 Å². The first-order valence-corrected chi connectivity index (χ1v) is 6.43. The molecule has 2 fully saturated rings. The summed E-state index contributed by atoms with van der Waals surface area (Å²) in [5.41, 5.74) is 0. The lowest BCUT2D eigenvalue weighted by Crippen LogP contribution is -2.44. The Morgan fingerprint density at radius 2 is 2.05 bits per heavy atom. The summed E-state index contributed by atoms with van der Waals surface area (Å²) in [5.74, 6) is -2.01. The lowest BCUT2D eigenvalue weighted by Gasteiger charge is -2.24. The minimum Gasteiger partial charge on any atom is -0.480 e. The predicted octanol–water partition coefficient (Wildman–Crippen LogP) is -1.10. The number of amides is 2. The summed E-state index contributed by atoms with van der Waals surface area (Å²) in [6, 6.07) is -0.978. The fraction of sp³-hybridized carbons (Fsp3) is 0.750. The van der Waals surface area contributed by atoms with Gasteiger partial charge in [-0.25, -0.2) is 4.79 Å². The van der Waals surface area contributed by atoms with Gasteiger partial charge in [0.15, 0.2) is 0 Å². The van der Waals surface area contributed by atoms with Crippen molar-refractivity contribution in [3.63, 3.8) is 0 Å². The lowest BCUT2D eigenvalue weighted by molar-refractivity contribution is -0.149. The van der Waals surface area contributed by atoms with Crippen LogP contribution >= 0.6 is 0 Å². The summed E-state index contributed by atoms with van der Waals surface area (Å²) in [6.45, 7) is 2.76. The van der Waals surface area contributed by atoms with Gasteiger partial charge in [-0.1, -0.05) is 0 Å². The Bertz CT molecular complexity index is 411. The van der Waals surface area contributed by atoms with Crippen molar-refractivity contribution in [2.75, 3.05) is 19.6 Å². The Morgan fingerprint density at radius 3 is 2.58 bits per heavy atom. The number of hydrogen-bond acceptors (Lipinski definition) is 4. The van der Waals surface area contributed by atoms with E-state index in [1.165, 1.54) is 4.90 Å². The SMILES string of the molecule is CCN1CC(C(=O)N2CC(O)C[C@H]2C(=O)O)CC1=O. The van der Waals surface area contributed by atoms with Gasteiger partial charge in [-0.3, -0.25) is 9.59 Å². The van der Waals surface area contributed by atoms with Crippen LogP contribution in [0.5, 0.6) is 0 Å². The summed E-state index contributed by atoms with van der Waals surface area (Å²) in [5, 5.41) is 18.6. The van der Waals surface area contributed by atoms with E-state index in [0.717, 1.165) is 0 Å². The molecule has 2 aliphatic rings. The van der Waals surface area contributed by atoms with Gasteiger partial charge in [-0.05, 0) is 6.92 Å². The third kappa shape index (κ3) is 2.56. The Balaban J connectivity index is 2.07. The van der Waals surface area contributed by atoms with Gasteiger partial charge in [0.2, 0.25) is 11.8 Å². The number of carboxylic acids is 1. The number of aliphatic hydroxyl groups is 1. The first-order valence-electron chi connectivity index (χ1n) is 6.43. The molecule has 106 valence electrons. The highest BCUT2D eigenvalue weighted by Gasteiger charge is 2.43. The van der Waals surface area contributed by atoms with Crippen LogP contribution in [0.3, 0.4) is 0 Å². The molecule has 0 aromatic rings. The minimum absolute atomic E-state index is 0.0343. The Kier molecular flexibility index (Phi) is 3.75. The summed E-state index contributed by atoms with van der Waals surface area (Å²) < 4.78 is 0. The Hall–Kier alpha value is -1.63. The van der Waals surface area contributed by atoms with Crippen molar-refractivity contribution in [3.05, 3.63) is 0 Å². The molecule has 0 saturated carbocycles. The maximum Gasteiger partial charge on any atom is 0.326 e. The zero-order chi connectivity index (χ0) is 14.2. The van der Waals surface area contributed by atoms with E-state index in [2.05, 4.69) is 0 Å². The van der Waals surface area contributed by atoms with Crippen LogP contribution in [0.15, 0.2) is 0 Å². The highest BCUT2D eigenvalue weighted by Crippen LogP contribution is 2.25. The first kappa shape index (κ1) is 13.8. The second-order valence-electron chi connectivity index (χ2n) is 5.07. The summed E-state index contributed by atoms with van der Waals surface area (Å²) in [7, 11) is 0. The molecule has 0 aromatic carbocycles. The number of aliphatic carboxylic acids is 1. The van der Waals surface area contributed by atoms with Crippen LogP contribution in [0.1, 0.15) is 19.8 Å². The van der Waals surface area contributed by atoms with Crippen molar-refractivity contribution >= 4 is 17.8 Å². The van der Waals surface area contributed by atoms with Gasteiger partial charge in [0.1, 0.15) is 6.04 Å². The van der Waals surface area contributed by atoms with E-state index in [0.29, 0.717) is 13.1 Å². The lowest BCUT2D eigenvalue weighted by atomic mass is 10.1. The second-order valence-corrected chi connectivity index (χ2v) is 5.07. The molecule has 2 N–H and O–H groups in total. The molecule has 3 atom stereocenters. The summed E-state index contributed by atoms with van der Waals surface area (Å²) in [4.78, 5) is 37.8. The fourth-order valence-corrected chi connectivity index (χ4v) is 2.77. The third-order valence-corrected chi connectivity index (χ3v) is 3.79. The molecule has 2 aliphatic heterocycles. The largest absolute Gasteiger partial charge is 0.480 e. The molecular weight excluding hydrogens is 252 g/mol. The second kappa shape index (κ2) is 5.16. The highest BCUT2D eigenvalue weighted by molar-refractivity contribution is 5.91. The predicted molar refractivity (Wildman–Crippen MR) is 64.1 cm³/mol. The van der Waals surface area contributed by atoms with Crippen LogP contribution in [-0.4, -0.2) is 69.6 Å². The van der Waals surface area contributed by atoms with Crippen molar-refractivity contribution < 1.29 is 24.6 Å². The van der Waals surface area contributed by atoms with Gasteiger partial charge in [-0.2, -0.15) is 0 Å². The van der Waals surface area contributed by atoms with Crippen molar-refractivity contribution in [1.82, 2.24) is 9.80 Å². The smallest absolute Gasteiger partial charge is 0.326 e. The van der Waals surface area contributed by atoms with Gasteiger partial charge in [0.25, 0.3) is 0 Å². The normalized spacial score (nSPS) is 31.1. The maximum atomic E-state index is 12.3. The van der Waals surface area contributed by atoms with Crippen LogP contribution in [0.2, 0.25) is 0 Å². The summed E-state index contributed by atoms with van der Waals surface area (Å²) in [6.07, 6.45) is -0.616. The van der Waals surface area contributed by atoms with E-state index in [9.17, 15) is 19.5 Å². The Labute approximate surface area is 110 Å². The number of carboxylic acid groups (broad SMARTS) is 1. The molecule has 2 rings (SSSR count). The molecule has 0 radical (unpaired) electrons. The molecule has 7 heteroatoms. The molecular formula is C12H18N2O5. The molecule has 0 spiro atoms. The maximum absolute atomic E-state index is 12.3. The van der Waals surface area contributed by atoms with E-state index in [-0.39, 0.29) is 31.2 Å². The highest BCUT2D eigenvalue weighted by atomic mass is 16.4. The van der Waals surface area contributed by atoms with Crippen LogP contribution in [0.4, 0.5) is 0 Å². The number of aliphatic hydroxyl groups excluding tert-OH is 1. The molecule has 2 heterocycles. The zero-order valence-corrected chi connectivity index (χ0v) is 10.8. The standard InChI is InChI=1S/C12H18N2O5/c1-2-13-5-7(3-10(13)16)11(17)14-6-8(15)4-9(14)12(18)19/h7-9,15H,2-6H2,1H3,(H,18,19)/t7?,8?,9-/m0/s1. The molecule has 7 nitrogen and oxygen atoms in total. The van der Waals surface area contributed by atoms with Gasteiger partial charge in [-0.15, -0.1) is 0 Å². The number of rotatable bonds is 3. The van der Waals surface area contributed by atoms with Crippen molar-refractivity contribution in [1.29, 1.82) is 0 Å². The number of hydrogen-bond donors (Lipinski definition) is 2. The molecule has 0 aromatic heterocycles. The number of carbonyl (C=O) groups is 3. The van der Waals surface area contributed by atoms with Crippen molar-refractivity contribution in [2.24, 2.45) is 5.92 Å². The average Bonchev–Trinajstić information content (AvgIpc) is 2.91. The van der Waals surface area contributed by atoms with Crippen LogP contribution in [0, 0.1) is 5.92 Å². The van der Waals surface area contributed by atoms with Crippen LogP contribution in [-0.2, 0) is 14.4 Å². The zero-order valence-electron chi connectivity index (χ0n) is 10.8. The van der Waals surface area contributed by atoms with Gasteiger partial charge in [0, 0.05) is 32.5 Å². The molecule has 0 bridgehead atoms. The third-order valence-electron chi connectivity index (χ3n) is 3.79. The average molecular weight is 270 g/mol. The fourth-order valence-electron chi connectivity index (χ4n) is 2.77. The molecule has 2 amide bonds. The molecule has 2 unspecified atom stereocenters. The topological polar surface area (TPSA) is 98.2 Å². The van der Waals surface area contributed by atoms with Gasteiger partial charge in [0.05, 0.1) is 12.0 Å². The van der Waals surface area contributed by atoms with Crippen molar-refractivity contribution in [3.8, 4) is 0 Å². The molecule has 19 heavy (non-hydrogen) atoms. The summed E-state index contributed by atoms with van der Waals surface area (Å²) >= 11 is 0. The van der Waals surface area contributed by atoms with E-state index in [4.69, 9.17) is 5.11 Å². The van der Waals surface area contributed by atoms with Crippen LogP contribution in [0.25, 0.3) is 0 Å². The molecule has 2 saturated heterocycles. The molecule has 0 aliphatic carbocycles. The van der Waals surface area contributed by atoms with Gasteiger partial charge >= 0.3 is 5.97 Å². The van der Waals surface area contributed by atoms with E-state index in [1.807, 2.05) is 6.92 Å². The van der Waals surface area contributed by atoms with E-state index >= 15 is 0 Å². The number of likely N-dealkylation sites (tertiary alicyclic amines) is 2. The Morgan fingerprint density at radius 1 is 1.37 bits per heavy atom. The number of nitrogens with zero attached hydrogens (tertiary/aromatic N) is 2. The number of β-amino-alcohol motifs (C(OH)–C–C–N with tert-alkyl or cyclic N) is 1. The quantitative estimate of drug-likeness (QED) is 0.678. The first-order chi connectivity index (χ1) is 8.93. The number of carbonyl (C=O) groups excluding carboxylic acids is 2. The van der Waals surface area contributed by atoms with E-state index in [1.54, 1.807) is 4.90 Å². The van der Waals surface area contributed by atoms with Crippen LogP contribution < -0.4 is 0 Å². The minimum atomic E-state index is -1.11. The monoisotopic (exact) mass is 270 g/mol. The van der Waals surface area contributed by atoms with E-state index < -0.39 is 24.0 Å². The van der Waals surface area contributed by atoms with Crippen molar-refractivity contribution in [2.45, 2.75) is 31.9 Å².